The van der Waals surface area contributed by atoms with Gasteiger partial charge in [-0.05, 0) is 57.0 Å². The monoisotopic (exact) mass is 383 g/mol. The van der Waals surface area contributed by atoms with Crippen LogP contribution in [0.1, 0.15) is 43.1 Å². The van der Waals surface area contributed by atoms with Crippen LogP contribution in [0, 0.1) is 0 Å². The molecule has 0 atom stereocenters. The molecule has 2 aromatic rings. The normalized spacial score (nSPS) is 10.6. The van der Waals surface area contributed by atoms with Crippen molar-refractivity contribution >= 4 is 11.9 Å². The Balaban J connectivity index is 2.07. The van der Waals surface area contributed by atoms with Crippen LogP contribution in [0.4, 0.5) is 0 Å². The van der Waals surface area contributed by atoms with Crippen LogP contribution in [-0.2, 0) is 16.0 Å². The van der Waals surface area contributed by atoms with Crippen molar-refractivity contribution in [3.63, 3.8) is 0 Å². The van der Waals surface area contributed by atoms with E-state index in [4.69, 9.17) is 9.47 Å². The predicted octanol–water partition coefficient (Wildman–Crippen LogP) is 4.11. The Hall–Kier alpha value is -2.82. The second-order valence-corrected chi connectivity index (χ2v) is 6.77. The third-order valence-corrected chi connectivity index (χ3v) is 4.16. The molecular weight excluding hydrogens is 354 g/mol. The molecule has 0 aliphatic heterocycles. The summed E-state index contributed by atoms with van der Waals surface area (Å²) in [6.45, 7) is 6.89. The predicted molar refractivity (Wildman–Crippen MR) is 110 cm³/mol. The van der Waals surface area contributed by atoms with Gasteiger partial charge in [0, 0.05) is 18.7 Å². The summed E-state index contributed by atoms with van der Waals surface area (Å²) in [4.78, 5) is 26.5. The van der Waals surface area contributed by atoms with Crippen molar-refractivity contribution in [1.29, 1.82) is 0 Å². The standard InChI is InChI=1S/C23H29NO4/c1-4-27-22(25)15-17-24(16-14-19-8-6-5-7-9-19)23(26)20-10-12-21(13-11-20)28-18(2)3/h5-13,18H,4,14-17H2,1-3H3. The smallest absolute Gasteiger partial charge is 0.307 e. The van der Waals surface area contributed by atoms with E-state index >= 15 is 0 Å². The van der Waals surface area contributed by atoms with E-state index < -0.39 is 0 Å². The highest BCUT2D eigenvalue weighted by Gasteiger charge is 2.17. The number of carbonyl (C=O) groups excluding carboxylic acids is 2. The van der Waals surface area contributed by atoms with Gasteiger partial charge in [0.2, 0.25) is 0 Å². The van der Waals surface area contributed by atoms with Gasteiger partial charge in [0.25, 0.3) is 5.91 Å². The Labute approximate surface area is 167 Å². The largest absolute Gasteiger partial charge is 0.491 e. The van der Waals surface area contributed by atoms with Gasteiger partial charge in [0.05, 0.1) is 19.1 Å². The SMILES string of the molecule is CCOC(=O)CCN(CCc1ccccc1)C(=O)c1ccc(OC(C)C)cc1. The fourth-order valence-corrected chi connectivity index (χ4v) is 2.81. The van der Waals surface area contributed by atoms with E-state index in [1.165, 1.54) is 0 Å². The minimum atomic E-state index is -0.291. The summed E-state index contributed by atoms with van der Waals surface area (Å²) in [5.74, 6) is 0.339. The molecule has 0 unspecified atom stereocenters. The zero-order valence-corrected chi connectivity index (χ0v) is 16.9. The molecule has 5 heteroatoms. The maximum atomic E-state index is 13.0. The van der Waals surface area contributed by atoms with Crippen molar-refractivity contribution in [2.75, 3.05) is 19.7 Å². The molecule has 0 spiro atoms. The number of esters is 1. The van der Waals surface area contributed by atoms with Gasteiger partial charge >= 0.3 is 5.97 Å². The molecule has 0 N–H and O–H groups in total. The van der Waals surface area contributed by atoms with Gasteiger partial charge in [-0.25, -0.2) is 0 Å². The van der Waals surface area contributed by atoms with Crippen molar-refractivity contribution in [3.05, 3.63) is 65.7 Å². The number of hydrogen-bond donors (Lipinski definition) is 0. The fourth-order valence-electron chi connectivity index (χ4n) is 2.81. The molecule has 0 saturated carbocycles. The van der Waals surface area contributed by atoms with Crippen molar-refractivity contribution in [2.24, 2.45) is 0 Å². The van der Waals surface area contributed by atoms with Crippen LogP contribution in [0.3, 0.4) is 0 Å². The van der Waals surface area contributed by atoms with Gasteiger partial charge in [-0.2, -0.15) is 0 Å². The van der Waals surface area contributed by atoms with E-state index in [0.717, 1.165) is 17.7 Å². The maximum Gasteiger partial charge on any atom is 0.307 e. The minimum Gasteiger partial charge on any atom is -0.491 e. The van der Waals surface area contributed by atoms with E-state index in [1.807, 2.05) is 44.2 Å². The summed E-state index contributed by atoms with van der Waals surface area (Å²) >= 11 is 0. The van der Waals surface area contributed by atoms with Gasteiger partial charge in [0.1, 0.15) is 5.75 Å². The van der Waals surface area contributed by atoms with Crippen LogP contribution in [0.25, 0.3) is 0 Å². The zero-order chi connectivity index (χ0) is 20.4. The van der Waals surface area contributed by atoms with Gasteiger partial charge in [-0.15, -0.1) is 0 Å². The second-order valence-electron chi connectivity index (χ2n) is 6.77. The number of amides is 1. The highest BCUT2D eigenvalue weighted by molar-refractivity contribution is 5.94. The van der Waals surface area contributed by atoms with Gasteiger partial charge < -0.3 is 14.4 Å². The molecule has 0 heterocycles. The molecule has 0 aromatic heterocycles. The average molecular weight is 383 g/mol. The summed E-state index contributed by atoms with van der Waals surface area (Å²) in [6.07, 6.45) is 0.987. The highest BCUT2D eigenvalue weighted by atomic mass is 16.5. The summed E-state index contributed by atoms with van der Waals surface area (Å²) in [7, 11) is 0. The number of hydrogen-bond acceptors (Lipinski definition) is 4. The molecule has 0 bridgehead atoms. The van der Waals surface area contributed by atoms with E-state index in [-0.39, 0.29) is 24.4 Å². The summed E-state index contributed by atoms with van der Waals surface area (Å²) < 4.78 is 10.6. The van der Waals surface area contributed by atoms with Crippen LogP contribution in [-0.4, -0.2) is 42.6 Å². The first-order chi connectivity index (χ1) is 13.5. The van der Waals surface area contributed by atoms with Crippen molar-refractivity contribution in [3.8, 4) is 5.75 Å². The summed E-state index contributed by atoms with van der Waals surface area (Å²) in [6, 6.07) is 17.1. The fraction of sp³-hybridized carbons (Fsp3) is 0.391. The van der Waals surface area contributed by atoms with Crippen LogP contribution in [0.15, 0.2) is 54.6 Å². The Kier molecular flexibility index (Phi) is 8.53. The van der Waals surface area contributed by atoms with Crippen molar-refractivity contribution in [2.45, 2.75) is 39.7 Å². The van der Waals surface area contributed by atoms with Crippen LogP contribution < -0.4 is 4.74 Å². The lowest BCUT2D eigenvalue weighted by molar-refractivity contribution is -0.143. The van der Waals surface area contributed by atoms with Crippen molar-refractivity contribution < 1.29 is 19.1 Å². The lowest BCUT2D eigenvalue weighted by Gasteiger charge is -2.23. The van der Waals surface area contributed by atoms with Crippen LogP contribution in [0.2, 0.25) is 0 Å². The first-order valence-corrected chi connectivity index (χ1v) is 9.75. The average Bonchev–Trinajstić information content (AvgIpc) is 2.69. The van der Waals surface area contributed by atoms with Gasteiger partial charge in [-0.1, -0.05) is 30.3 Å². The van der Waals surface area contributed by atoms with Gasteiger partial charge in [-0.3, -0.25) is 9.59 Å². The quantitative estimate of drug-likeness (QED) is 0.579. The lowest BCUT2D eigenvalue weighted by atomic mass is 10.1. The molecule has 150 valence electrons. The Bertz CT molecular complexity index is 741. The summed E-state index contributed by atoms with van der Waals surface area (Å²) in [5.41, 5.74) is 1.73. The first-order valence-electron chi connectivity index (χ1n) is 9.75. The molecule has 0 aliphatic carbocycles. The van der Waals surface area contributed by atoms with E-state index in [1.54, 1.807) is 36.1 Å². The Morgan fingerprint density at radius 1 is 0.964 bits per heavy atom. The molecule has 5 nitrogen and oxygen atoms in total. The molecule has 0 fully saturated rings. The third kappa shape index (κ3) is 7.06. The number of nitrogens with zero attached hydrogens (tertiary/aromatic N) is 1. The Morgan fingerprint density at radius 3 is 2.25 bits per heavy atom. The van der Waals surface area contributed by atoms with Crippen molar-refractivity contribution in [1.82, 2.24) is 4.90 Å². The minimum absolute atomic E-state index is 0.0773. The molecule has 0 aliphatic rings. The molecule has 2 rings (SSSR count). The molecule has 2 aromatic carbocycles. The summed E-state index contributed by atoms with van der Waals surface area (Å²) in [5, 5.41) is 0. The molecule has 0 saturated heterocycles. The molecule has 28 heavy (non-hydrogen) atoms. The molecule has 1 amide bonds. The zero-order valence-electron chi connectivity index (χ0n) is 16.9. The third-order valence-electron chi connectivity index (χ3n) is 4.16. The maximum absolute atomic E-state index is 13.0. The highest BCUT2D eigenvalue weighted by Crippen LogP contribution is 2.16. The number of benzene rings is 2. The van der Waals surface area contributed by atoms with E-state index in [9.17, 15) is 9.59 Å². The first kappa shape index (κ1) is 21.5. The lowest BCUT2D eigenvalue weighted by Crippen LogP contribution is -2.35. The number of rotatable bonds is 10. The van der Waals surface area contributed by atoms with E-state index in [0.29, 0.717) is 25.3 Å². The Morgan fingerprint density at radius 2 is 1.64 bits per heavy atom. The van der Waals surface area contributed by atoms with Gasteiger partial charge in [0.15, 0.2) is 0 Å². The topological polar surface area (TPSA) is 55.8 Å². The van der Waals surface area contributed by atoms with Crippen LogP contribution in [0.5, 0.6) is 5.75 Å². The van der Waals surface area contributed by atoms with Crippen LogP contribution >= 0.6 is 0 Å². The number of carbonyl (C=O) groups is 2. The van der Waals surface area contributed by atoms with E-state index in [2.05, 4.69) is 0 Å². The molecule has 0 radical (unpaired) electrons. The second kappa shape index (κ2) is 11.1. The number of ether oxygens (including phenoxy) is 2. The molecular formula is C23H29NO4.